The normalized spacial score (nSPS) is 19.2. The minimum absolute atomic E-state index is 0.0782. The molecule has 2 heteroatoms. The molecule has 0 unspecified atom stereocenters. The summed E-state index contributed by atoms with van der Waals surface area (Å²) in [5.74, 6) is 0. The maximum absolute atomic E-state index is 8.91. The Morgan fingerprint density at radius 1 is 1.42 bits per heavy atom. The Bertz CT molecular complexity index is 292. The predicted molar refractivity (Wildman–Crippen MR) is 47.5 cm³/mol. The van der Waals surface area contributed by atoms with Gasteiger partial charge in [-0.1, -0.05) is 24.3 Å². The number of nitrogens with two attached hydrogens (primary N) is 1. The Hall–Kier alpha value is -0.860. The lowest BCUT2D eigenvalue weighted by atomic mass is 10.0. The second-order valence-electron chi connectivity index (χ2n) is 3.51. The molecule has 0 aliphatic heterocycles. The molecule has 1 aliphatic carbocycles. The Morgan fingerprint density at radius 3 is 2.75 bits per heavy atom. The SMILES string of the molecule is NC1(c2cccc(CO)c2)CC1. The molecule has 2 nitrogen and oxygen atoms in total. The summed E-state index contributed by atoms with van der Waals surface area (Å²) in [7, 11) is 0. The van der Waals surface area contributed by atoms with Crippen molar-refractivity contribution in [2.45, 2.75) is 25.0 Å². The zero-order valence-electron chi connectivity index (χ0n) is 6.96. The molecule has 0 spiro atoms. The first-order chi connectivity index (χ1) is 5.74. The van der Waals surface area contributed by atoms with Crippen LogP contribution in [-0.2, 0) is 12.1 Å². The van der Waals surface area contributed by atoms with Gasteiger partial charge >= 0.3 is 0 Å². The maximum atomic E-state index is 8.91. The number of rotatable bonds is 2. The van der Waals surface area contributed by atoms with E-state index in [2.05, 4.69) is 0 Å². The summed E-state index contributed by atoms with van der Waals surface area (Å²) in [6.07, 6.45) is 2.14. The number of aliphatic hydroxyl groups excluding tert-OH is 1. The van der Waals surface area contributed by atoms with Crippen LogP contribution in [-0.4, -0.2) is 5.11 Å². The van der Waals surface area contributed by atoms with Gasteiger partial charge in [0.25, 0.3) is 0 Å². The molecular weight excluding hydrogens is 150 g/mol. The van der Waals surface area contributed by atoms with Gasteiger partial charge in [-0.2, -0.15) is 0 Å². The fourth-order valence-corrected chi connectivity index (χ4v) is 1.40. The summed E-state index contributed by atoms with van der Waals surface area (Å²) in [6.45, 7) is 0.101. The van der Waals surface area contributed by atoms with E-state index in [1.807, 2.05) is 24.3 Å². The zero-order chi connectivity index (χ0) is 8.60. The summed E-state index contributed by atoms with van der Waals surface area (Å²) in [6, 6.07) is 7.89. The standard InChI is InChI=1S/C10H13NO/c11-10(4-5-10)9-3-1-2-8(6-9)7-12/h1-3,6,12H,4-5,7,11H2. The number of aliphatic hydroxyl groups is 1. The van der Waals surface area contributed by atoms with Crippen molar-refractivity contribution in [3.05, 3.63) is 35.4 Å². The molecule has 0 bridgehead atoms. The molecule has 64 valence electrons. The largest absolute Gasteiger partial charge is 0.392 e. The van der Waals surface area contributed by atoms with E-state index in [0.717, 1.165) is 24.0 Å². The number of hydrogen-bond acceptors (Lipinski definition) is 2. The van der Waals surface area contributed by atoms with Gasteiger partial charge in [0.1, 0.15) is 0 Å². The Labute approximate surface area is 72.0 Å². The van der Waals surface area contributed by atoms with Crippen LogP contribution in [0.1, 0.15) is 24.0 Å². The lowest BCUT2D eigenvalue weighted by Gasteiger charge is -2.09. The highest BCUT2D eigenvalue weighted by Gasteiger charge is 2.39. The molecule has 0 atom stereocenters. The van der Waals surface area contributed by atoms with E-state index in [1.54, 1.807) is 0 Å². The second kappa shape index (κ2) is 2.57. The molecule has 1 aromatic carbocycles. The van der Waals surface area contributed by atoms with E-state index >= 15 is 0 Å². The summed E-state index contributed by atoms with van der Waals surface area (Å²) in [5.41, 5.74) is 8.04. The summed E-state index contributed by atoms with van der Waals surface area (Å²) in [4.78, 5) is 0. The van der Waals surface area contributed by atoms with Crippen molar-refractivity contribution in [2.24, 2.45) is 5.73 Å². The third-order valence-electron chi connectivity index (χ3n) is 2.47. The van der Waals surface area contributed by atoms with E-state index in [1.165, 1.54) is 0 Å². The highest BCUT2D eigenvalue weighted by molar-refractivity contribution is 5.32. The Balaban J connectivity index is 2.32. The molecular formula is C10H13NO. The third-order valence-corrected chi connectivity index (χ3v) is 2.47. The first-order valence-electron chi connectivity index (χ1n) is 4.24. The smallest absolute Gasteiger partial charge is 0.0681 e. The highest BCUT2D eigenvalue weighted by Crippen LogP contribution is 2.42. The van der Waals surface area contributed by atoms with Gasteiger partial charge in [-0.25, -0.2) is 0 Å². The van der Waals surface area contributed by atoms with Crippen molar-refractivity contribution in [1.82, 2.24) is 0 Å². The van der Waals surface area contributed by atoms with Crippen LogP contribution in [0.4, 0.5) is 0 Å². The molecule has 0 heterocycles. The lowest BCUT2D eigenvalue weighted by molar-refractivity contribution is 0.281. The van der Waals surface area contributed by atoms with Gasteiger partial charge in [-0.15, -0.1) is 0 Å². The van der Waals surface area contributed by atoms with Gasteiger partial charge in [0.15, 0.2) is 0 Å². The molecule has 1 saturated carbocycles. The van der Waals surface area contributed by atoms with Crippen molar-refractivity contribution in [3.63, 3.8) is 0 Å². The first-order valence-corrected chi connectivity index (χ1v) is 4.24. The van der Waals surface area contributed by atoms with Crippen LogP contribution in [0.25, 0.3) is 0 Å². The average molecular weight is 163 g/mol. The molecule has 0 aromatic heterocycles. The van der Waals surface area contributed by atoms with Crippen molar-refractivity contribution in [1.29, 1.82) is 0 Å². The Morgan fingerprint density at radius 2 is 2.17 bits per heavy atom. The monoisotopic (exact) mass is 163 g/mol. The van der Waals surface area contributed by atoms with Crippen LogP contribution < -0.4 is 5.73 Å². The van der Waals surface area contributed by atoms with Crippen molar-refractivity contribution >= 4 is 0 Å². The van der Waals surface area contributed by atoms with Crippen LogP contribution in [0, 0.1) is 0 Å². The minimum atomic E-state index is -0.0782. The molecule has 0 saturated heterocycles. The van der Waals surface area contributed by atoms with E-state index in [4.69, 9.17) is 10.8 Å². The minimum Gasteiger partial charge on any atom is -0.392 e. The predicted octanol–water partition coefficient (Wildman–Crippen LogP) is 1.13. The van der Waals surface area contributed by atoms with Crippen molar-refractivity contribution in [2.75, 3.05) is 0 Å². The third kappa shape index (κ3) is 1.24. The van der Waals surface area contributed by atoms with E-state index in [-0.39, 0.29) is 12.1 Å². The van der Waals surface area contributed by atoms with E-state index in [9.17, 15) is 0 Å². The summed E-state index contributed by atoms with van der Waals surface area (Å²) < 4.78 is 0. The quantitative estimate of drug-likeness (QED) is 0.686. The summed E-state index contributed by atoms with van der Waals surface area (Å²) >= 11 is 0. The van der Waals surface area contributed by atoms with Crippen LogP contribution in [0.3, 0.4) is 0 Å². The van der Waals surface area contributed by atoms with Gasteiger partial charge in [0.2, 0.25) is 0 Å². The van der Waals surface area contributed by atoms with Gasteiger partial charge in [0, 0.05) is 5.54 Å². The fraction of sp³-hybridized carbons (Fsp3) is 0.400. The van der Waals surface area contributed by atoms with Crippen LogP contribution in [0.5, 0.6) is 0 Å². The molecule has 1 aromatic rings. The van der Waals surface area contributed by atoms with E-state index in [0.29, 0.717) is 0 Å². The van der Waals surface area contributed by atoms with E-state index < -0.39 is 0 Å². The van der Waals surface area contributed by atoms with Gasteiger partial charge < -0.3 is 10.8 Å². The molecule has 0 amide bonds. The molecule has 2 rings (SSSR count). The number of hydrogen-bond donors (Lipinski definition) is 2. The van der Waals surface area contributed by atoms with Gasteiger partial charge in [0.05, 0.1) is 6.61 Å². The van der Waals surface area contributed by atoms with Crippen LogP contribution >= 0.6 is 0 Å². The lowest BCUT2D eigenvalue weighted by Crippen LogP contribution is -2.18. The summed E-state index contributed by atoms with van der Waals surface area (Å²) in [5, 5.41) is 8.91. The molecule has 0 radical (unpaired) electrons. The van der Waals surface area contributed by atoms with Gasteiger partial charge in [-0.05, 0) is 24.0 Å². The molecule has 1 aliphatic rings. The first kappa shape index (κ1) is 7.77. The zero-order valence-corrected chi connectivity index (χ0v) is 6.96. The molecule has 3 N–H and O–H groups in total. The average Bonchev–Trinajstić information content (AvgIpc) is 2.85. The highest BCUT2D eigenvalue weighted by atomic mass is 16.3. The number of benzene rings is 1. The Kier molecular flexibility index (Phi) is 1.67. The maximum Gasteiger partial charge on any atom is 0.0681 e. The van der Waals surface area contributed by atoms with Crippen molar-refractivity contribution in [3.8, 4) is 0 Å². The van der Waals surface area contributed by atoms with Crippen LogP contribution in [0.15, 0.2) is 24.3 Å². The van der Waals surface area contributed by atoms with Crippen molar-refractivity contribution < 1.29 is 5.11 Å². The topological polar surface area (TPSA) is 46.2 Å². The molecule has 12 heavy (non-hydrogen) atoms. The van der Waals surface area contributed by atoms with Crippen LogP contribution in [0.2, 0.25) is 0 Å². The fourth-order valence-electron chi connectivity index (χ4n) is 1.40. The second-order valence-corrected chi connectivity index (χ2v) is 3.51. The van der Waals surface area contributed by atoms with Gasteiger partial charge in [-0.3, -0.25) is 0 Å². The molecule has 1 fully saturated rings.